The fraction of sp³-hybridized carbons (Fsp3) is 0.667. The topological polar surface area (TPSA) is 104 Å². The number of rotatable bonds is 1. The van der Waals surface area contributed by atoms with Crippen LogP contribution in [-0.2, 0) is 14.4 Å². The Bertz CT molecular complexity index is 355. The normalized spacial score (nSPS) is 30.3. The van der Waals surface area contributed by atoms with Crippen LogP contribution in [0.15, 0.2) is 0 Å². The predicted molar refractivity (Wildman–Crippen MR) is 51.8 cm³/mol. The quantitative estimate of drug-likeness (QED) is 0.569. The van der Waals surface area contributed by atoms with E-state index >= 15 is 0 Å². The molecule has 2 amide bonds. The summed E-state index contributed by atoms with van der Waals surface area (Å²) in [4.78, 5) is 34.3. The highest BCUT2D eigenvalue weighted by Gasteiger charge is 2.44. The van der Waals surface area contributed by atoms with Crippen LogP contribution in [0, 0.1) is 0 Å². The minimum atomic E-state index is -1.10. The summed E-state index contributed by atoms with van der Waals surface area (Å²) in [5, 5.41) is 11.2. The monoisotopic (exact) mass is 227 g/mol. The van der Waals surface area contributed by atoms with E-state index in [9.17, 15) is 14.4 Å². The zero-order valence-electron chi connectivity index (χ0n) is 8.63. The van der Waals surface area contributed by atoms with E-state index in [1.165, 1.54) is 5.01 Å². The van der Waals surface area contributed by atoms with Gasteiger partial charge in [-0.05, 0) is 12.8 Å². The Labute approximate surface area is 91.8 Å². The maximum atomic E-state index is 11.8. The van der Waals surface area contributed by atoms with Crippen LogP contribution < -0.4 is 5.73 Å². The molecule has 2 saturated heterocycles. The molecule has 2 atom stereocenters. The van der Waals surface area contributed by atoms with Crippen LogP contribution in [0.5, 0.6) is 0 Å². The number of carbonyl (C=O) groups is 3. The molecule has 0 unspecified atom stereocenters. The number of hydrazine groups is 1. The number of fused-ring (bicyclic) bond motifs is 1. The van der Waals surface area contributed by atoms with Gasteiger partial charge in [0.2, 0.25) is 5.91 Å². The molecular formula is C9H13N3O4. The average molecular weight is 227 g/mol. The lowest BCUT2D eigenvalue weighted by molar-refractivity contribution is -0.189. The Morgan fingerprint density at radius 2 is 2.06 bits per heavy atom. The number of hydrogen-bond acceptors (Lipinski definition) is 4. The summed E-state index contributed by atoms with van der Waals surface area (Å²) < 4.78 is 0. The highest BCUT2D eigenvalue weighted by atomic mass is 16.4. The van der Waals surface area contributed by atoms with Gasteiger partial charge in [-0.3, -0.25) is 14.6 Å². The molecule has 0 spiro atoms. The smallest absolute Gasteiger partial charge is 0.328 e. The fourth-order valence-corrected chi connectivity index (χ4v) is 2.09. The van der Waals surface area contributed by atoms with Gasteiger partial charge < -0.3 is 10.8 Å². The largest absolute Gasteiger partial charge is 0.480 e. The van der Waals surface area contributed by atoms with Crippen molar-refractivity contribution in [1.29, 1.82) is 0 Å². The summed E-state index contributed by atoms with van der Waals surface area (Å²) in [7, 11) is 0. The van der Waals surface area contributed by atoms with Crippen molar-refractivity contribution in [2.24, 2.45) is 5.73 Å². The van der Waals surface area contributed by atoms with E-state index in [1.54, 1.807) is 0 Å². The molecule has 7 heteroatoms. The van der Waals surface area contributed by atoms with Crippen LogP contribution in [0.2, 0.25) is 0 Å². The van der Waals surface area contributed by atoms with Gasteiger partial charge in [0.15, 0.2) is 6.04 Å². The molecule has 2 fully saturated rings. The van der Waals surface area contributed by atoms with Gasteiger partial charge in [-0.15, -0.1) is 0 Å². The molecule has 0 aromatic heterocycles. The molecule has 0 radical (unpaired) electrons. The third-order valence-electron chi connectivity index (χ3n) is 2.95. The summed E-state index contributed by atoms with van der Waals surface area (Å²) in [6.07, 6.45) is 0.701. The van der Waals surface area contributed by atoms with Crippen molar-refractivity contribution in [2.45, 2.75) is 31.3 Å². The second-order valence-electron chi connectivity index (χ2n) is 3.99. The first-order valence-corrected chi connectivity index (χ1v) is 5.14. The van der Waals surface area contributed by atoms with Gasteiger partial charge in [0.05, 0.1) is 6.04 Å². The van der Waals surface area contributed by atoms with Gasteiger partial charge in [0, 0.05) is 13.0 Å². The molecule has 88 valence electrons. The lowest BCUT2D eigenvalue weighted by Gasteiger charge is -2.46. The van der Waals surface area contributed by atoms with Gasteiger partial charge in [-0.2, -0.15) is 0 Å². The second-order valence-corrected chi connectivity index (χ2v) is 3.99. The summed E-state index contributed by atoms with van der Waals surface area (Å²) in [6, 6.07) is -1.67. The van der Waals surface area contributed by atoms with E-state index in [2.05, 4.69) is 0 Å². The molecule has 2 heterocycles. The van der Waals surface area contributed by atoms with Gasteiger partial charge in [-0.1, -0.05) is 0 Å². The number of carboxylic acids is 1. The lowest BCUT2D eigenvalue weighted by atomic mass is 10.0. The SMILES string of the molecule is N[C@H]1CCN2C(=O)CC[C@H](C(=O)O)N2C1=O. The molecule has 0 aromatic carbocycles. The third-order valence-corrected chi connectivity index (χ3v) is 2.95. The first-order chi connectivity index (χ1) is 7.52. The molecule has 2 aliphatic rings. The van der Waals surface area contributed by atoms with Crippen molar-refractivity contribution in [3.63, 3.8) is 0 Å². The van der Waals surface area contributed by atoms with Crippen LogP contribution in [0.1, 0.15) is 19.3 Å². The minimum Gasteiger partial charge on any atom is -0.480 e. The second kappa shape index (κ2) is 3.75. The number of carbonyl (C=O) groups excluding carboxylic acids is 2. The van der Waals surface area contributed by atoms with E-state index < -0.39 is 24.0 Å². The summed E-state index contributed by atoms with van der Waals surface area (Å²) in [5.41, 5.74) is 5.57. The molecule has 2 aliphatic heterocycles. The first-order valence-electron chi connectivity index (χ1n) is 5.14. The standard InChI is InChI=1S/C9H13N3O4/c10-5-3-4-11-7(13)2-1-6(9(15)16)12(11)8(5)14/h5-6H,1-4,10H2,(H,15,16)/t5-,6+/m0/s1. The summed E-state index contributed by atoms with van der Waals surface area (Å²) in [6.45, 7) is 0.315. The lowest BCUT2D eigenvalue weighted by Crippen LogP contribution is -2.67. The maximum absolute atomic E-state index is 11.8. The van der Waals surface area contributed by atoms with Gasteiger partial charge in [0.1, 0.15) is 0 Å². The van der Waals surface area contributed by atoms with E-state index in [0.29, 0.717) is 13.0 Å². The highest BCUT2D eigenvalue weighted by molar-refractivity contribution is 5.92. The zero-order chi connectivity index (χ0) is 11.9. The average Bonchev–Trinajstić information content (AvgIpc) is 2.23. The zero-order valence-corrected chi connectivity index (χ0v) is 8.63. The van der Waals surface area contributed by atoms with E-state index in [1.807, 2.05) is 0 Å². The van der Waals surface area contributed by atoms with Gasteiger partial charge in [0.25, 0.3) is 5.91 Å². The number of aliphatic carboxylic acids is 1. The van der Waals surface area contributed by atoms with E-state index in [-0.39, 0.29) is 18.7 Å². The number of hydrogen-bond donors (Lipinski definition) is 2. The predicted octanol–water partition coefficient (Wildman–Crippen LogP) is -1.46. The molecular weight excluding hydrogens is 214 g/mol. The molecule has 0 aliphatic carbocycles. The first kappa shape index (κ1) is 10.9. The molecule has 0 saturated carbocycles. The van der Waals surface area contributed by atoms with E-state index in [4.69, 9.17) is 10.8 Å². The Morgan fingerprint density at radius 1 is 1.38 bits per heavy atom. The Balaban J connectivity index is 2.30. The fourth-order valence-electron chi connectivity index (χ4n) is 2.09. The molecule has 0 aromatic rings. The molecule has 2 rings (SSSR count). The highest BCUT2D eigenvalue weighted by Crippen LogP contribution is 2.24. The van der Waals surface area contributed by atoms with Gasteiger partial charge in [-0.25, -0.2) is 9.80 Å². The van der Waals surface area contributed by atoms with Crippen LogP contribution in [0.25, 0.3) is 0 Å². The Morgan fingerprint density at radius 3 is 2.69 bits per heavy atom. The molecule has 7 nitrogen and oxygen atoms in total. The van der Waals surface area contributed by atoms with E-state index in [0.717, 1.165) is 5.01 Å². The number of nitrogens with two attached hydrogens (primary N) is 1. The third kappa shape index (κ3) is 1.53. The van der Waals surface area contributed by atoms with Crippen LogP contribution >= 0.6 is 0 Å². The summed E-state index contributed by atoms with van der Waals surface area (Å²) >= 11 is 0. The Hall–Kier alpha value is -1.63. The van der Waals surface area contributed by atoms with Crippen molar-refractivity contribution in [3.05, 3.63) is 0 Å². The number of carboxylic acid groups (broad SMARTS) is 1. The van der Waals surface area contributed by atoms with Crippen molar-refractivity contribution < 1.29 is 19.5 Å². The molecule has 3 N–H and O–H groups in total. The number of amides is 2. The van der Waals surface area contributed by atoms with Crippen LogP contribution in [0.3, 0.4) is 0 Å². The molecule has 0 bridgehead atoms. The maximum Gasteiger partial charge on any atom is 0.328 e. The minimum absolute atomic E-state index is 0.156. The molecule has 16 heavy (non-hydrogen) atoms. The van der Waals surface area contributed by atoms with Crippen molar-refractivity contribution in [2.75, 3.05) is 6.54 Å². The van der Waals surface area contributed by atoms with Crippen LogP contribution in [-0.4, -0.2) is 51.5 Å². The number of nitrogens with zero attached hydrogens (tertiary/aromatic N) is 2. The van der Waals surface area contributed by atoms with Crippen molar-refractivity contribution in [1.82, 2.24) is 10.0 Å². The van der Waals surface area contributed by atoms with Crippen molar-refractivity contribution >= 4 is 17.8 Å². The van der Waals surface area contributed by atoms with Gasteiger partial charge >= 0.3 is 5.97 Å². The summed E-state index contributed by atoms with van der Waals surface area (Å²) in [5.74, 6) is -1.79. The van der Waals surface area contributed by atoms with Crippen LogP contribution in [0.4, 0.5) is 0 Å². The Kier molecular flexibility index (Phi) is 2.55. The van der Waals surface area contributed by atoms with Crippen molar-refractivity contribution in [3.8, 4) is 0 Å².